The molecule has 0 saturated heterocycles. The van der Waals surface area contributed by atoms with Gasteiger partial charge in [0.2, 0.25) is 0 Å². The van der Waals surface area contributed by atoms with Crippen LogP contribution < -0.4 is 0 Å². The summed E-state index contributed by atoms with van der Waals surface area (Å²) >= 11 is 12.2. The van der Waals surface area contributed by atoms with Gasteiger partial charge in [0.15, 0.2) is 11.6 Å². The van der Waals surface area contributed by atoms with Crippen molar-refractivity contribution in [2.75, 3.05) is 0 Å². The predicted octanol–water partition coefficient (Wildman–Crippen LogP) is 5.39. The summed E-state index contributed by atoms with van der Waals surface area (Å²) in [6.45, 7) is 1.77. The van der Waals surface area contributed by atoms with Gasteiger partial charge in [0.05, 0.1) is 5.38 Å². The van der Waals surface area contributed by atoms with Crippen molar-refractivity contribution in [3.8, 4) is 0 Å². The highest BCUT2D eigenvalue weighted by Gasteiger charge is 2.21. The van der Waals surface area contributed by atoms with Gasteiger partial charge in [-0.2, -0.15) is 0 Å². The number of hydrogen-bond donors (Lipinski definition) is 0. The van der Waals surface area contributed by atoms with Crippen LogP contribution in [0.5, 0.6) is 0 Å². The first-order valence-corrected chi connectivity index (χ1v) is 6.26. The molecule has 2 aromatic carbocycles. The fourth-order valence-electron chi connectivity index (χ4n) is 1.77. The summed E-state index contributed by atoms with van der Waals surface area (Å²) in [5, 5.41) is -0.603. The fraction of sp³-hybridized carbons (Fsp3) is 0.143. The van der Waals surface area contributed by atoms with Crippen molar-refractivity contribution in [3.63, 3.8) is 0 Å². The Labute approximate surface area is 118 Å². The van der Waals surface area contributed by atoms with Crippen molar-refractivity contribution in [3.05, 3.63) is 69.5 Å². The highest BCUT2D eigenvalue weighted by atomic mass is 35.5. The molecule has 0 aliphatic carbocycles. The average Bonchev–Trinajstić information content (AvgIpc) is 2.36. The molecule has 0 amide bonds. The first-order chi connectivity index (χ1) is 8.91. The Kier molecular flexibility index (Phi) is 4.07. The second-order valence-electron chi connectivity index (χ2n) is 4.13. The molecule has 0 aliphatic rings. The molecule has 2 rings (SSSR count). The molecule has 0 fully saturated rings. The lowest BCUT2D eigenvalue weighted by molar-refractivity contribution is 0.490. The van der Waals surface area contributed by atoms with Crippen LogP contribution >= 0.6 is 23.2 Å². The molecule has 0 bridgehead atoms. The number of benzene rings is 2. The van der Waals surface area contributed by atoms with Crippen LogP contribution in [0.1, 0.15) is 22.1 Å². The molecule has 0 aliphatic heterocycles. The predicted molar refractivity (Wildman–Crippen MR) is 70.2 cm³/mol. The molecule has 1 unspecified atom stereocenters. The van der Waals surface area contributed by atoms with E-state index >= 15 is 0 Å². The van der Waals surface area contributed by atoms with Gasteiger partial charge in [-0.15, -0.1) is 11.6 Å². The van der Waals surface area contributed by atoms with Crippen LogP contribution in [-0.4, -0.2) is 0 Å². The lowest BCUT2D eigenvalue weighted by Gasteiger charge is -2.14. The molecule has 5 heteroatoms. The molecule has 0 heterocycles. The minimum atomic E-state index is -1.25. The molecular weight excluding hydrogens is 296 g/mol. The Morgan fingerprint density at radius 1 is 0.947 bits per heavy atom. The van der Waals surface area contributed by atoms with Crippen molar-refractivity contribution in [2.24, 2.45) is 0 Å². The van der Waals surface area contributed by atoms with Gasteiger partial charge < -0.3 is 0 Å². The number of hydrogen-bond acceptors (Lipinski definition) is 0. The van der Waals surface area contributed by atoms with E-state index in [1.807, 2.05) is 0 Å². The molecule has 0 spiro atoms. The summed E-state index contributed by atoms with van der Waals surface area (Å²) in [4.78, 5) is 0. The Morgan fingerprint density at radius 3 is 2.26 bits per heavy atom. The second kappa shape index (κ2) is 5.43. The van der Waals surface area contributed by atoms with E-state index in [9.17, 15) is 13.2 Å². The van der Waals surface area contributed by atoms with Crippen LogP contribution in [0.4, 0.5) is 13.2 Å². The zero-order valence-corrected chi connectivity index (χ0v) is 11.4. The minimum Gasteiger partial charge on any atom is -0.207 e. The van der Waals surface area contributed by atoms with E-state index < -0.39 is 22.8 Å². The third kappa shape index (κ3) is 2.72. The highest BCUT2D eigenvalue weighted by molar-refractivity contribution is 6.33. The molecule has 2 aromatic rings. The summed E-state index contributed by atoms with van der Waals surface area (Å²) in [6.07, 6.45) is 0. The van der Waals surface area contributed by atoms with E-state index in [1.165, 1.54) is 0 Å². The molecular formula is C14H9Cl2F3. The maximum atomic E-state index is 13.7. The van der Waals surface area contributed by atoms with E-state index in [2.05, 4.69) is 0 Å². The molecule has 0 radical (unpaired) electrons. The van der Waals surface area contributed by atoms with Crippen LogP contribution in [0.3, 0.4) is 0 Å². The molecule has 0 saturated carbocycles. The summed E-state index contributed by atoms with van der Waals surface area (Å²) in [7, 11) is 0. The molecule has 0 nitrogen and oxygen atoms in total. The van der Waals surface area contributed by atoms with Gasteiger partial charge in [0.1, 0.15) is 5.82 Å². The first-order valence-electron chi connectivity index (χ1n) is 5.45. The number of alkyl halides is 1. The summed E-state index contributed by atoms with van der Waals surface area (Å²) < 4.78 is 39.7. The van der Waals surface area contributed by atoms with E-state index in [4.69, 9.17) is 23.2 Å². The van der Waals surface area contributed by atoms with Gasteiger partial charge in [0, 0.05) is 16.7 Å². The SMILES string of the molecule is Cc1cccc(C(Cl)c2cc(F)c(F)cc2F)c1Cl. The Bertz CT molecular complexity index is 626. The highest BCUT2D eigenvalue weighted by Crippen LogP contribution is 2.36. The standard InChI is InChI=1S/C14H9Cl2F3/c1-7-3-2-4-8(13(7)15)14(16)9-5-11(18)12(19)6-10(9)17/h2-6,14H,1H3. The van der Waals surface area contributed by atoms with Crippen molar-refractivity contribution in [2.45, 2.75) is 12.3 Å². The largest absolute Gasteiger partial charge is 0.207 e. The molecule has 1 atom stereocenters. The van der Waals surface area contributed by atoms with E-state index in [1.54, 1.807) is 25.1 Å². The van der Waals surface area contributed by atoms with Crippen LogP contribution in [0, 0.1) is 24.4 Å². The second-order valence-corrected chi connectivity index (χ2v) is 4.94. The van der Waals surface area contributed by atoms with Crippen molar-refractivity contribution in [1.29, 1.82) is 0 Å². The zero-order valence-electron chi connectivity index (χ0n) is 9.85. The van der Waals surface area contributed by atoms with Gasteiger partial charge in [-0.05, 0) is 24.1 Å². The smallest absolute Gasteiger partial charge is 0.161 e. The minimum absolute atomic E-state index is 0.145. The summed E-state index contributed by atoms with van der Waals surface area (Å²) in [6, 6.07) is 6.33. The van der Waals surface area contributed by atoms with Crippen molar-refractivity contribution < 1.29 is 13.2 Å². The normalized spacial score (nSPS) is 12.5. The van der Waals surface area contributed by atoms with Crippen LogP contribution in [0.25, 0.3) is 0 Å². The molecule has 0 aromatic heterocycles. The van der Waals surface area contributed by atoms with E-state index in [-0.39, 0.29) is 5.56 Å². The third-order valence-corrected chi connectivity index (χ3v) is 3.79. The van der Waals surface area contributed by atoms with E-state index in [0.717, 1.165) is 11.6 Å². The lowest BCUT2D eigenvalue weighted by atomic mass is 10.0. The van der Waals surface area contributed by atoms with Gasteiger partial charge in [0.25, 0.3) is 0 Å². The monoisotopic (exact) mass is 304 g/mol. The Hall–Kier alpha value is -1.19. The summed E-state index contributed by atoms with van der Waals surface area (Å²) in [5.74, 6) is -3.30. The van der Waals surface area contributed by atoms with Crippen molar-refractivity contribution in [1.82, 2.24) is 0 Å². The zero-order chi connectivity index (χ0) is 14.2. The first kappa shape index (κ1) is 14.2. The Balaban J connectivity index is 2.53. The number of halogens is 5. The summed E-state index contributed by atoms with van der Waals surface area (Å²) in [5.41, 5.74) is 1.08. The van der Waals surface area contributed by atoms with Gasteiger partial charge in [-0.3, -0.25) is 0 Å². The van der Waals surface area contributed by atoms with Crippen LogP contribution in [0.15, 0.2) is 30.3 Å². The quantitative estimate of drug-likeness (QED) is 0.515. The lowest BCUT2D eigenvalue weighted by Crippen LogP contribution is -2.01. The Morgan fingerprint density at radius 2 is 1.58 bits per heavy atom. The van der Waals surface area contributed by atoms with Crippen LogP contribution in [0.2, 0.25) is 5.02 Å². The van der Waals surface area contributed by atoms with Gasteiger partial charge >= 0.3 is 0 Å². The van der Waals surface area contributed by atoms with Gasteiger partial charge in [-0.25, -0.2) is 13.2 Å². The molecule has 19 heavy (non-hydrogen) atoms. The fourth-order valence-corrected chi connectivity index (χ4v) is 2.41. The maximum Gasteiger partial charge on any atom is 0.161 e. The topological polar surface area (TPSA) is 0 Å². The average molecular weight is 305 g/mol. The third-order valence-electron chi connectivity index (χ3n) is 2.81. The molecule has 100 valence electrons. The number of aryl methyl sites for hydroxylation is 1. The number of rotatable bonds is 2. The maximum absolute atomic E-state index is 13.7. The van der Waals surface area contributed by atoms with Gasteiger partial charge in [-0.1, -0.05) is 29.8 Å². The van der Waals surface area contributed by atoms with Crippen LogP contribution in [-0.2, 0) is 0 Å². The van der Waals surface area contributed by atoms with E-state index in [0.29, 0.717) is 16.7 Å². The van der Waals surface area contributed by atoms with Crippen molar-refractivity contribution >= 4 is 23.2 Å². The molecule has 0 N–H and O–H groups in total.